The lowest BCUT2D eigenvalue weighted by Gasteiger charge is -2.08. The van der Waals surface area contributed by atoms with E-state index in [9.17, 15) is 9.59 Å². The van der Waals surface area contributed by atoms with Crippen LogP contribution >= 0.6 is 0 Å². The molecule has 1 aliphatic rings. The van der Waals surface area contributed by atoms with Crippen molar-refractivity contribution in [3.63, 3.8) is 0 Å². The molecular formula is C20H21N3O3. The van der Waals surface area contributed by atoms with E-state index in [-0.39, 0.29) is 0 Å². The predicted octanol–water partition coefficient (Wildman–Crippen LogP) is 3.25. The average molecular weight is 351 g/mol. The quantitative estimate of drug-likeness (QED) is 0.641. The highest BCUT2D eigenvalue weighted by Gasteiger charge is 2.14. The zero-order valence-electron chi connectivity index (χ0n) is 14.4. The van der Waals surface area contributed by atoms with Gasteiger partial charge in [-0.2, -0.15) is 5.10 Å². The Bertz CT molecular complexity index is 778. The van der Waals surface area contributed by atoms with Crippen molar-refractivity contribution in [3.8, 4) is 5.75 Å². The van der Waals surface area contributed by atoms with Gasteiger partial charge in [0, 0.05) is 11.4 Å². The fourth-order valence-electron chi connectivity index (χ4n) is 2.64. The number of benzene rings is 2. The zero-order chi connectivity index (χ0) is 18.2. The highest BCUT2D eigenvalue weighted by atomic mass is 16.5. The summed E-state index contributed by atoms with van der Waals surface area (Å²) in [5.41, 5.74) is 4.84. The molecule has 134 valence electrons. The van der Waals surface area contributed by atoms with Gasteiger partial charge in [-0.25, -0.2) is 5.43 Å². The van der Waals surface area contributed by atoms with E-state index < -0.39 is 11.8 Å². The molecule has 1 aliphatic carbocycles. The fraction of sp³-hybridized carbons (Fsp3) is 0.250. The van der Waals surface area contributed by atoms with E-state index >= 15 is 0 Å². The standard InChI is InChI=1S/C20H21N3O3/c24-19(20(25)23-22-17-8-4-5-9-17)21-16-10-12-18(13-11-16)26-14-15-6-2-1-3-7-15/h1-3,6-7,10-13H,4-5,8-9,14H2,(H,21,24)(H,23,25). The summed E-state index contributed by atoms with van der Waals surface area (Å²) in [5, 5.41) is 6.53. The Balaban J connectivity index is 1.47. The minimum Gasteiger partial charge on any atom is -0.489 e. The molecule has 6 nitrogen and oxygen atoms in total. The molecule has 0 unspecified atom stereocenters. The summed E-state index contributed by atoms with van der Waals surface area (Å²) >= 11 is 0. The van der Waals surface area contributed by atoms with E-state index in [1.54, 1.807) is 24.3 Å². The normalized spacial score (nSPS) is 13.2. The maximum absolute atomic E-state index is 11.9. The first-order valence-corrected chi connectivity index (χ1v) is 8.64. The SMILES string of the molecule is O=C(NN=C1CCCC1)C(=O)Nc1ccc(OCc2ccccc2)cc1. The molecule has 0 radical (unpaired) electrons. The van der Waals surface area contributed by atoms with E-state index in [4.69, 9.17) is 4.74 Å². The van der Waals surface area contributed by atoms with Crippen molar-refractivity contribution in [1.29, 1.82) is 0 Å². The van der Waals surface area contributed by atoms with Crippen LogP contribution < -0.4 is 15.5 Å². The Morgan fingerprint density at radius 2 is 1.62 bits per heavy atom. The number of amides is 2. The summed E-state index contributed by atoms with van der Waals surface area (Å²) in [6.07, 6.45) is 3.93. The third-order valence-corrected chi connectivity index (χ3v) is 4.06. The topological polar surface area (TPSA) is 79.8 Å². The van der Waals surface area contributed by atoms with Crippen LogP contribution in [-0.2, 0) is 16.2 Å². The molecule has 6 heteroatoms. The summed E-state index contributed by atoms with van der Waals surface area (Å²) < 4.78 is 5.69. The van der Waals surface area contributed by atoms with Crippen LogP contribution in [0.5, 0.6) is 5.75 Å². The molecule has 26 heavy (non-hydrogen) atoms. The number of rotatable bonds is 5. The van der Waals surface area contributed by atoms with Gasteiger partial charge in [-0.05, 0) is 55.5 Å². The van der Waals surface area contributed by atoms with Crippen molar-refractivity contribution in [1.82, 2.24) is 5.43 Å². The van der Waals surface area contributed by atoms with Crippen LogP contribution in [0.25, 0.3) is 0 Å². The Morgan fingerprint density at radius 1 is 0.923 bits per heavy atom. The van der Waals surface area contributed by atoms with Crippen LogP contribution in [0.4, 0.5) is 5.69 Å². The largest absolute Gasteiger partial charge is 0.489 e. The van der Waals surface area contributed by atoms with Crippen molar-refractivity contribution < 1.29 is 14.3 Å². The van der Waals surface area contributed by atoms with Gasteiger partial charge in [-0.3, -0.25) is 9.59 Å². The van der Waals surface area contributed by atoms with Crippen molar-refractivity contribution in [3.05, 3.63) is 60.2 Å². The van der Waals surface area contributed by atoms with Crippen LogP contribution in [0.15, 0.2) is 59.7 Å². The van der Waals surface area contributed by atoms with Crippen LogP contribution in [0, 0.1) is 0 Å². The van der Waals surface area contributed by atoms with Gasteiger partial charge in [0.25, 0.3) is 0 Å². The Labute approximate surface area is 152 Å². The Morgan fingerprint density at radius 3 is 2.31 bits per heavy atom. The molecule has 2 amide bonds. The molecular weight excluding hydrogens is 330 g/mol. The maximum atomic E-state index is 11.9. The van der Waals surface area contributed by atoms with E-state index in [2.05, 4.69) is 15.8 Å². The van der Waals surface area contributed by atoms with Gasteiger partial charge in [0.2, 0.25) is 0 Å². The number of ether oxygens (including phenoxy) is 1. The van der Waals surface area contributed by atoms with Crippen LogP contribution in [0.1, 0.15) is 31.2 Å². The molecule has 0 aliphatic heterocycles. The second kappa shape index (κ2) is 8.80. The van der Waals surface area contributed by atoms with E-state index in [1.165, 1.54) is 0 Å². The molecule has 2 N–H and O–H groups in total. The number of hydrogen-bond acceptors (Lipinski definition) is 4. The molecule has 0 atom stereocenters. The molecule has 2 aromatic rings. The molecule has 0 spiro atoms. The van der Waals surface area contributed by atoms with Crippen molar-refractivity contribution >= 4 is 23.2 Å². The number of nitrogens with zero attached hydrogens (tertiary/aromatic N) is 1. The lowest BCUT2D eigenvalue weighted by atomic mass is 10.2. The Hall–Kier alpha value is -3.15. The monoisotopic (exact) mass is 351 g/mol. The number of nitrogens with one attached hydrogen (secondary N) is 2. The summed E-state index contributed by atoms with van der Waals surface area (Å²) in [4.78, 5) is 23.7. The molecule has 0 aromatic heterocycles. The lowest BCUT2D eigenvalue weighted by molar-refractivity contribution is -0.136. The molecule has 1 fully saturated rings. The molecule has 3 rings (SSSR count). The minimum absolute atomic E-state index is 0.468. The number of hydrogen-bond donors (Lipinski definition) is 2. The number of hydrazone groups is 1. The van der Waals surface area contributed by atoms with Crippen molar-refractivity contribution in [2.45, 2.75) is 32.3 Å². The van der Waals surface area contributed by atoms with Crippen LogP contribution in [0.3, 0.4) is 0 Å². The molecule has 0 heterocycles. The fourth-order valence-corrected chi connectivity index (χ4v) is 2.64. The van der Waals surface area contributed by atoms with E-state index in [0.29, 0.717) is 18.0 Å². The first kappa shape index (κ1) is 17.7. The molecule has 1 saturated carbocycles. The first-order chi connectivity index (χ1) is 12.7. The summed E-state index contributed by atoms with van der Waals surface area (Å²) in [5.74, 6) is -0.831. The number of anilines is 1. The molecule has 0 saturated heterocycles. The highest BCUT2D eigenvalue weighted by Crippen LogP contribution is 2.17. The maximum Gasteiger partial charge on any atom is 0.329 e. The lowest BCUT2D eigenvalue weighted by Crippen LogP contribution is -2.32. The van der Waals surface area contributed by atoms with Crippen molar-refractivity contribution in [2.75, 3.05) is 5.32 Å². The zero-order valence-corrected chi connectivity index (χ0v) is 14.4. The second-order valence-electron chi connectivity index (χ2n) is 6.08. The van der Waals surface area contributed by atoms with Crippen LogP contribution in [-0.4, -0.2) is 17.5 Å². The summed E-state index contributed by atoms with van der Waals surface area (Å²) in [7, 11) is 0. The van der Waals surface area contributed by atoms with Gasteiger partial charge in [0.1, 0.15) is 12.4 Å². The average Bonchev–Trinajstić information content (AvgIpc) is 3.20. The second-order valence-corrected chi connectivity index (χ2v) is 6.08. The smallest absolute Gasteiger partial charge is 0.329 e. The van der Waals surface area contributed by atoms with Gasteiger partial charge in [-0.1, -0.05) is 30.3 Å². The van der Waals surface area contributed by atoms with Gasteiger partial charge in [0.05, 0.1) is 0 Å². The number of carbonyl (C=O) groups is 2. The van der Waals surface area contributed by atoms with Crippen molar-refractivity contribution in [2.24, 2.45) is 5.10 Å². The van der Waals surface area contributed by atoms with Gasteiger partial charge in [-0.15, -0.1) is 0 Å². The highest BCUT2D eigenvalue weighted by molar-refractivity contribution is 6.39. The Kier molecular flexibility index (Phi) is 5.98. The van der Waals surface area contributed by atoms with E-state index in [0.717, 1.165) is 37.0 Å². The molecule has 2 aromatic carbocycles. The summed E-state index contributed by atoms with van der Waals surface area (Å²) in [6, 6.07) is 16.7. The van der Waals surface area contributed by atoms with E-state index in [1.807, 2.05) is 30.3 Å². The third-order valence-electron chi connectivity index (χ3n) is 4.06. The first-order valence-electron chi connectivity index (χ1n) is 8.64. The van der Waals surface area contributed by atoms with Gasteiger partial charge < -0.3 is 10.1 Å². The van der Waals surface area contributed by atoms with Gasteiger partial charge in [0.15, 0.2) is 0 Å². The van der Waals surface area contributed by atoms with Crippen LogP contribution in [0.2, 0.25) is 0 Å². The molecule has 0 bridgehead atoms. The predicted molar refractivity (Wildman–Crippen MR) is 99.9 cm³/mol. The third kappa shape index (κ3) is 5.17. The summed E-state index contributed by atoms with van der Waals surface area (Å²) in [6.45, 7) is 0.468. The number of carbonyl (C=O) groups excluding carboxylic acids is 2. The van der Waals surface area contributed by atoms with Gasteiger partial charge >= 0.3 is 11.8 Å². The minimum atomic E-state index is -0.770.